The highest BCUT2D eigenvalue weighted by atomic mass is 79.9. The number of likely N-dealkylation sites (N-methyl/N-ethyl adjacent to an activating group) is 1. The van der Waals surface area contributed by atoms with Crippen LogP contribution in [0, 0.1) is 0 Å². The van der Waals surface area contributed by atoms with Gasteiger partial charge in [0, 0.05) is 29.6 Å². The molecule has 1 N–H and O–H groups in total. The van der Waals surface area contributed by atoms with E-state index >= 15 is 0 Å². The third-order valence-electron chi connectivity index (χ3n) is 3.89. The second-order valence-electron chi connectivity index (χ2n) is 5.24. The Kier molecular flexibility index (Phi) is 4.16. The summed E-state index contributed by atoms with van der Waals surface area (Å²) in [4.78, 5) is 15.9. The summed E-state index contributed by atoms with van der Waals surface area (Å²) in [6, 6.07) is 6.28. The summed E-state index contributed by atoms with van der Waals surface area (Å²) >= 11 is 3.33. The zero-order valence-electron chi connectivity index (χ0n) is 11.4. The van der Waals surface area contributed by atoms with Gasteiger partial charge in [-0.05, 0) is 39.1 Å². The van der Waals surface area contributed by atoms with Gasteiger partial charge in [0.2, 0.25) is 0 Å². The van der Waals surface area contributed by atoms with Crippen molar-refractivity contribution < 1.29 is 9.90 Å². The molecular weight excluding hydrogens is 308 g/mol. The van der Waals surface area contributed by atoms with Gasteiger partial charge >= 0.3 is 5.97 Å². The highest BCUT2D eigenvalue weighted by Crippen LogP contribution is 2.28. The van der Waals surface area contributed by atoms with Gasteiger partial charge in [0.25, 0.3) is 0 Å². The molecule has 1 saturated heterocycles. The van der Waals surface area contributed by atoms with Crippen LogP contribution in [0.4, 0.5) is 5.69 Å². The SMILES string of the molecule is CC1CN(c2ccc(Br)cc2C(=O)O)CC(C)N1C. The Morgan fingerprint density at radius 2 is 1.89 bits per heavy atom. The molecule has 2 unspecified atom stereocenters. The number of carbonyl (C=O) groups is 1. The van der Waals surface area contributed by atoms with Gasteiger partial charge in [0.05, 0.1) is 11.3 Å². The fraction of sp³-hybridized carbons (Fsp3) is 0.500. The lowest BCUT2D eigenvalue weighted by Gasteiger charge is -2.43. The van der Waals surface area contributed by atoms with E-state index < -0.39 is 5.97 Å². The highest BCUT2D eigenvalue weighted by Gasteiger charge is 2.28. The van der Waals surface area contributed by atoms with Gasteiger partial charge in [-0.1, -0.05) is 15.9 Å². The molecule has 0 aromatic heterocycles. The monoisotopic (exact) mass is 326 g/mol. The van der Waals surface area contributed by atoms with Gasteiger partial charge in [0.15, 0.2) is 0 Å². The number of benzene rings is 1. The fourth-order valence-corrected chi connectivity index (χ4v) is 2.92. The van der Waals surface area contributed by atoms with Crippen LogP contribution in [-0.4, -0.2) is 48.2 Å². The van der Waals surface area contributed by atoms with Crippen LogP contribution in [0.1, 0.15) is 24.2 Å². The standard InChI is InChI=1S/C14H19BrN2O2/c1-9-7-17(8-10(2)16(9)3)13-5-4-11(15)6-12(13)14(18)19/h4-6,9-10H,7-8H2,1-3H3,(H,18,19). The van der Waals surface area contributed by atoms with Crippen LogP contribution in [0.2, 0.25) is 0 Å². The van der Waals surface area contributed by atoms with Crippen molar-refractivity contribution >= 4 is 27.6 Å². The van der Waals surface area contributed by atoms with Crippen molar-refractivity contribution in [1.82, 2.24) is 4.90 Å². The zero-order valence-corrected chi connectivity index (χ0v) is 13.0. The Morgan fingerprint density at radius 1 is 1.32 bits per heavy atom. The van der Waals surface area contributed by atoms with E-state index in [9.17, 15) is 9.90 Å². The van der Waals surface area contributed by atoms with Crippen LogP contribution in [-0.2, 0) is 0 Å². The Bertz CT molecular complexity index is 480. The summed E-state index contributed by atoms with van der Waals surface area (Å²) in [5.74, 6) is -0.879. The lowest BCUT2D eigenvalue weighted by molar-refractivity contribution is 0.0697. The van der Waals surface area contributed by atoms with Gasteiger partial charge in [-0.25, -0.2) is 4.79 Å². The maximum Gasteiger partial charge on any atom is 0.337 e. The largest absolute Gasteiger partial charge is 0.478 e. The number of hydrogen-bond donors (Lipinski definition) is 1. The van der Waals surface area contributed by atoms with Gasteiger partial charge in [-0.2, -0.15) is 0 Å². The Labute approximate surface area is 122 Å². The van der Waals surface area contributed by atoms with E-state index in [1.165, 1.54) is 0 Å². The molecule has 1 aromatic carbocycles. The van der Waals surface area contributed by atoms with E-state index in [1.807, 2.05) is 12.1 Å². The lowest BCUT2D eigenvalue weighted by atomic mass is 10.1. The van der Waals surface area contributed by atoms with Crippen LogP contribution in [0.25, 0.3) is 0 Å². The molecule has 1 heterocycles. The molecule has 0 aliphatic carbocycles. The molecule has 0 saturated carbocycles. The minimum absolute atomic E-state index is 0.360. The van der Waals surface area contributed by atoms with Gasteiger partial charge in [0.1, 0.15) is 0 Å². The van der Waals surface area contributed by atoms with E-state index in [1.54, 1.807) is 6.07 Å². The summed E-state index contributed by atoms with van der Waals surface area (Å²) in [6.07, 6.45) is 0. The smallest absolute Gasteiger partial charge is 0.337 e. The maximum absolute atomic E-state index is 11.4. The average Bonchev–Trinajstić information content (AvgIpc) is 2.35. The molecule has 5 heteroatoms. The quantitative estimate of drug-likeness (QED) is 0.907. The summed E-state index contributed by atoms with van der Waals surface area (Å²) in [7, 11) is 2.12. The molecule has 104 valence electrons. The minimum atomic E-state index is -0.879. The summed E-state index contributed by atoms with van der Waals surface area (Å²) in [6.45, 7) is 6.04. The summed E-state index contributed by atoms with van der Waals surface area (Å²) in [5, 5.41) is 9.35. The first kappa shape index (κ1) is 14.3. The van der Waals surface area contributed by atoms with Crippen molar-refractivity contribution in [2.75, 3.05) is 25.0 Å². The number of halogens is 1. The van der Waals surface area contributed by atoms with Crippen molar-refractivity contribution in [2.24, 2.45) is 0 Å². The number of rotatable bonds is 2. The Morgan fingerprint density at radius 3 is 2.42 bits per heavy atom. The third kappa shape index (κ3) is 2.92. The predicted octanol–water partition coefficient (Wildman–Crippen LogP) is 2.68. The molecule has 1 aromatic rings. The first-order valence-corrected chi connectivity index (χ1v) is 7.19. The van der Waals surface area contributed by atoms with E-state index in [0.29, 0.717) is 17.6 Å². The number of carboxylic acids is 1. The molecule has 1 aliphatic rings. The van der Waals surface area contributed by atoms with Crippen molar-refractivity contribution in [3.8, 4) is 0 Å². The van der Waals surface area contributed by atoms with Gasteiger partial charge in [-0.15, -0.1) is 0 Å². The van der Waals surface area contributed by atoms with E-state index in [4.69, 9.17) is 0 Å². The molecule has 1 fully saturated rings. The molecule has 0 amide bonds. The number of nitrogens with zero attached hydrogens (tertiary/aromatic N) is 2. The minimum Gasteiger partial charge on any atom is -0.478 e. The van der Waals surface area contributed by atoms with Crippen LogP contribution in [0.3, 0.4) is 0 Å². The molecule has 0 spiro atoms. The molecule has 19 heavy (non-hydrogen) atoms. The summed E-state index contributed by atoms with van der Waals surface area (Å²) in [5.41, 5.74) is 1.17. The average molecular weight is 327 g/mol. The zero-order chi connectivity index (χ0) is 14.2. The topological polar surface area (TPSA) is 43.8 Å². The molecule has 1 aliphatic heterocycles. The highest BCUT2D eigenvalue weighted by molar-refractivity contribution is 9.10. The normalized spacial score (nSPS) is 24.5. The van der Waals surface area contributed by atoms with Crippen LogP contribution >= 0.6 is 15.9 Å². The fourth-order valence-electron chi connectivity index (χ4n) is 2.56. The molecule has 0 bridgehead atoms. The number of piperazine rings is 1. The van der Waals surface area contributed by atoms with Crippen LogP contribution in [0.15, 0.2) is 22.7 Å². The van der Waals surface area contributed by atoms with E-state index in [0.717, 1.165) is 23.2 Å². The molecule has 2 atom stereocenters. The number of hydrogen-bond acceptors (Lipinski definition) is 3. The van der Waals surface area contributed by atoms with Crippen molar-refractivity contribution in [2.45, 2.75) is 25.9 Å². The first-order chi connectivity index (χ1) is 8.90. The Hall–Kier alpha value is -1.07. The maximum atomic E-state index is 11.4. The molecule has 4 nitrogen and oxygen atoms in total. The van der Waals surface area contributed by atoms with Crippen LogP contribution < -0.4 is 4.90 Å². The van der Waals surface area contributed by atoms with Crippen molar-refractivity contribution in [3.05, 3.63) is 28.2 Å². The van der Waals surface area contributed by atoms with Crippen LogP contribution in [0.5, 0.6) is 0 Å². The van der Waals surface area contributed by atoms with Gasteiger partial charge < -0.3 is 10.0 Å². The van der Waals surface area contributed by atoms with Crippen molar-refractivity contribution in [1.29, 1.82) is 0 Å². The molecule has 0 radical (unpaired) electrons. The second kappa shape index (κ2) is 5.51. The lowest BCUT2D eigenvalue weighted by Crippen LogP contribution is -2.55. The van der Waals surface area contributed by atoms with E-state index in [2.05, 4.69) is 46.6 Å². The molecular formula is C14H19BrN2O2. The van der Waals surface area contributed by atoms with Gasteiger partial charge in [-0.3, -0.25) is 4.90 Å². The Balaban J connectivity index is 2.34. The number of carboxylic acid groups (broad SMARTS) is 1. The first-order valence-electron chi connectivity index (χ1n) is 6.40. The molecule has 2 rings (SSSR count). The van der Waals surface area contributed by atoms with Crippen molar-refractivity contribution in [3.63, 3.8) is 0 Å². The number of aromatic carboxylic acids is 1. The van der Waals surface area contributed by atoms with E-state index in [-0.39, 0.29) is 0 Å². The number of anilines is 1. The predicted molar refractivity (Wildman–Crippen MR) is 80.0 cm³/mol. The third-order valence-corrected chi connectivity index (χ3v) is 4.38. The summed E-state index contributed by atoms with van der Waals surface area (Å²) < 4.78 is 0.795. The second-order valence-corrected chi connectivity index (χ2v) is 6.15.